The quantitative estimate of drug-likeness (QED) is 0.860. The fraction of sp³-hybridized carbons (Fsp3) is 0.615. The standard InChI is InChI=1S/C13H20N4O2/c1-9(2)16-12(18)10-11(15-8-14-10)13(19)17-6-4-3-5-7-17/h8-9H,3-7H2,1-2H3,(H,14,15)(H,16,18). The average molecular weight is 264 g/mol. The minimum Gasteiger partial charge on any atom is -0.348 e. The van der Waals surface area contributed by atoms with Crippen LogP contribution in [0.2, 0.25) is 0 Å². The van der Waals surface area contributed by atoms with Crippen molar-refractivity contribution in [3.8, 4) is 0 Å². The van der Waals surface area contributed by atoms with Gasteiger partial charge in [-0.05, 0) is 33.1 Å². The first-order valence-corrected chi connectivity index (χ1v) is 6.73. The van der Waals surface area contributed by atoms with Gasteiger partial charge in [0, 0.05) is 19.1 Å². The van der Waals surface area contributed by atoms with Crippen LogP contribution >= 0.6 is 0 Å². The zero-order valence-electron chi connectivity index (χ0n) is 11.4. The van der Waals surface area contributed by atoms with E-state index in [-0.39, 0.29) is 23.6 Å². The first-order valence-electron chi connectivity index (χ1n) is 6.73. The molecule has 0 unspecified atom stereocenters. The van der Waals surface area contributed by atoms with Crippen LogP contribution in [0.15, 0.2) is 6.33 Å². The zero-order valence-corrected chi connectivity index (χ0v) is 11.4. The lowest BCUT2D eigenvalue weighted by Gasteiger charge is -2.26. The molecule has 19 heavy (non-hydrogen) atoms. The summed E-state index contributed by atoms with van der Waals surface area (Å²) in [5.41, 5.74) is 0.476. The number of carbonyl (C=O) groups is 2. The molecule has 0 aromatic carbocycles. The number of carbonyl (C=O) groups excluding carboxylic acids is 2. The van der Waals surface area contributed by atoms with Crippen LogP contribution in [0.4, 0.5) is 0 Å². The average Bonchev–Trinajstić information content (AvgIpc) is 2.87. The van der Waals surface area contributed by atoms with Crippen LogP contribution in [-0.4, -0.2) is 45.8 Å². The second-order valence-electron chi connectivity index (χ2n) is 5.11. The van der Waals surface area contributed by atoms with Gasteiger partial charge in [-0.15, -0.1) is 0 Å². The number of hydrogen-bond donors (Lipinski definition) is 2. The van der Waals surface area contributed by atoms with Crippen LogP contribution in [0, 0.1) is 0 Å². The number of rotatable bonds is 3. The molecule has 1 aromatic heterocycles. The van der Waals surface area contributed by atoms with E-state index in [0.29, 0.717) is 5.69 Å². The van der Waals surface area contributed by atoms with Crippen molar-refractivity contribution in [1.29, 1.82) is 0 Å². The highest BCUT2D eigenvalue weighted by Gasteiger charge is 2.25. The van der Waals surface area contributed by atoms with Crippen molar-refractivity contribution in [3.05, 3.63) is 17.7 Å². The van der Waals surface area contributed by atoms with E-state index in [1.165, 1.54) is 6.33 Å². The minimum absolute atomic E-state index is 0.0159. The van der Waals surface area contributed by atoms with Crippen molar-refractivity contribution >= 4 is 11.8 Å². The van der Waals surface area contributed by atoms with Gasteiger partial charge < -0.3 is 15.2 Å². The van der Waals surface area contributed by atoms with Crippen molar-refractivity contribution in [1.82, 2.24) is 20.2 Å². The second kappa shape index (κ2) is 5.86. The highest BCUT2D eigenvalue weighted by atomic mass is 16.2. The number of H-pyrrole nitrogens is 1. The van der Waals surface area contributed by atoms with E-state index >= 15 is 0 Å². The predicted molar refractivity (Wildman–Crippen MR) is 70.9 cm³/mol. The third-order valence-corrected chi connectivity index (χ3v) is 3.13. The number of hydrogen-bond acceptors (Lipinski definition) is 3. The number of likely N-dealkylation sites (tertiary alicyclic amines) is 1. The van der Waals surface area contributed by atoms with Crippen molar-refractivity contribution in [2.45, 2.75) is 39.2 Å². The molecule has 1 aliphatic heterocycles. The maximum absolute atomic E-state index is 12.3. The highest BCUT2D eigenvalue weighted by Crippen LogP contribution is 2.14. The molecule has 2 N–H and O–H groups in total. The van der Waals surface area contributed by atoms with Gasteiger partial charge in [-0.3, -0.25) is 9.59 Å². The van der Waals surface area contributed by atoms with Crippen LogP contribution in [0.5, 0.6) is 0 Å². The monoisotopic (exact) mass is 264 g/mol. The molecule has 0 saturated carbocycles. The summed E-state index contributed by atoms with van der Waals surface area (Å²) in [4.78, 5) is 32.9. The zero-order chi connectivity index (χ0) is 13.8. The topological polar surface area (TPSA) is 78.1 Å². The Morgan fingerprint density at radius 2 is 2.00 bits per heavy atom. The molecule has 6 heteroatoms. The molecule has 2 amide bonds. The van der Waals surface area contributed by atoms with Crippen LogP contribution in [0.1, 0.15) is 54.1 Å². The summed E-state index contributed by atoms with van der Waals surface area (Å²) in [6.07, 6.45) is 4.60. The molecule has 1 aromatic rings. The smallest absolute Gasteiger partial charge is 0.272 e. The number of piperidine rings is 1. The lowest BCUT2D eigenvalue weighted by molar-refractivity contribution is 0.0712. The van der Waals surface area contributed by atoms with Crippen molar-refractivity contribution in [3.63, 3.8) is 0 Å². The number of nitrogens with one attached hydrogen (secondary N) is 2. The number of amides is 2. The van der Waals surface area contributed by atoms with E-state index in [9.17, 15) is 9.59 Å². The van der Waals surface area contributed by atoms with E-state index in [1.54, 1.807) is 4.90 Å². The van der Waals surface area contributed by atoms with Crippen LogP contribution in [-0.2, 0) is 0 Å². The minimum atomic E-state index is -0.309. The van der Waals surface area contributed by atoms with Crippen LogP contribution in [0.3, 0.4) is 0 Å². The fourth-order valence-electron chi connectivity index (χ4n) is 2.22. The van der Waals surface area contributed by atoms with E-state index in [4.69, 9.17) is 0 Å². The molecule has 1 saturated heterocycles. The second-order valence-corrected chi connectivity index (χ2v) is 5.11. The van der Waals surface area contributed by atoms with Gasteiger partial charge in [-0.1, -0.05) is 0 Å². The first-order chi connectivity index (χ1) is 9.09. The third-order valence-electron chi connectivity index (χ3n) is 3.13. The molecular weight excluding hydrogens is 244 g/mol. The largest absolute Gasteiger partial charge is 0.348 e. The number of imidazole rings is 1. The lowest BCUT2D eigenvalue weighted by Crippen LogP contribution is -2.38. The van der Waals surface area contributed by atoms with Gasteiger partial charge in [0.15, 0.2) is 5.69 Å². The van der Waals surface area contributed by atoms with Gasteiger partial charge >= 0.3 is 0 Å². The molecular formula is C13H20N4O2. The summed E-state index contributed by atoms with van der Waals surface area (Å²) in [5.74, 6) is -0.442. The maximum Gasteiger partial charge on any atom is 0.272 e. The molecule has 104 valence electrons. The molecule has 1 fully saturated rings. The van der Waals surface area contributed by atoms with Gasteiger partial charge in [-0.25, -0.2) is 4.98 Å². The van der Waals surface area contributed by atoms with Gasteiger partial charge in [-0.2, -0.15) is 0 Å². The Balaban J connectivity index is 2.14. The summed E-state index contributed by atoms with van der Waals surface area (Å²) in [6, 6.07) is 0.0159. The molecule has 0 spiro atoms. The highest BCUT2D eigenvalue weighted by molar-refractivity contribution is 6.04. The summed E-state index contributed by atoms with van der Waals surface area (Å²) in [6.45, 7) is 5.25. The van der Waals surface area contributed by atoms with Gasteiger partial charge in [0.05, 0.1) is 6.33 Å². The Morgan fingerprint density at radius 1 is 1.32 bits per heavy atom. The molecule has 2 heterocycles. The van der Waals surface area contributed by atoms with E-state index in [1.807, 2.05) is 13.8 Å². The third kappa shape index (κ3) is 3.13. The van der Waals surface area contributed by atoms with E-state index < -0.39 is 0 Å². The summed E-state index contributed by atoms with van der Waals surface area (Å²) in [5, 5.41) is 2.75. The Kier molecular flexibility index (Phi) is 4.19. The number of nitrogens with zero attached hydrogens (tertiary/aromatic N) is 2. The molecule has 2 rings (SSSR count). The molecule has 0 atom stereocenters. The molecule has 1 aliphatic rings. The van der Waals surface area contributed by atoms with Crippen LogP contribution < -0.4 is 5.32 Å². The molecule has 6 nitrogen and oxygen atoms in total. The molecule has 0 aliphatic carbocycles. The normalized spacial score (nSPS) is 15.6. The van der Waals surface area contributed by atoms with Gasteiger partial charge in [0.1, 0.15) is 5.69 Å². The first kappa shape index (κ1) is 13.6. The molecule has 0 radical (unpaired) electrons. The number of aromatic nitrogens is 2. The fourth-order valence-corrected chi connectivity index (χ4v) is 2.22. The van der Waals surface area contributed by atoms with Crippen molar-refractivity contribution in [2.24, 2.45) is 0 Å². The van der Waals surface area contributed by atoms with Gasteiger partial charge in [0.25, 0.3) is 11.8 Å². The SMILES string of the molecule is CC(C)NC(=O)c1nc[nH]c1C(=O)N1CCCCC1. The maximum atomic E-state index is 12.3. The van der Waals surface area contributed by atoms with E-state index in [2.05, 4.69) is 15.3 Å². The van der Waals surface area contributed by atoms with Crippen LogP contribution in [0.25, 0.3) is 0 Å². The van der Waals surface area contributed by atoms with E-state index in [0.717, 1.165) is 32.4 Å². The van der Waals surface area contributed by atoms with Gasteiger partial charge in [0.2, 0.25) is 0 Å². The Hall–Kier alpha value is -1.85. The lowest BCUT2D eigenvalue weighted by atomic mass is 10.1. The number of aromatic amines is 1. The Bertz CT molecular complexity index is 461. The van der Waals surface area contributed by atoms with Crippen molar-refractivity contribution < 1.29 is 9.59 Å². The summed E-state index contributed by atoms with van der Waals surface area (Å²) >= 11 is 0. The summed E-state index contributed by atoms with van der Waals surface area (Å²) in [7, 11) is 0. The molecule has 0 bridgehead atoms. The summed E-state index contributed by atoms with van der Waals surface area (Å²) < 4.78 is 0. The predicted octanol–water partition coefficient (Wildman–Crippen LogP) is 1.17. The Morgan fingerprint density at radius 3 is 2.63 bits per heavy atom. The van der Waals surface area contributed by atoms with Crippen molar-refractivity contribution in [2.75, 3.05) is 13.1 Å². The Labute approximate surface area is 112 Å².